The molecule has 0 radical (unpaired) electrons. The second-order valence-corrected chi connectivity index (χ2v) is 5.52. The second-order valence-electron chi connectivity index (χ2n) is 4.66. The highest BCUT2D eigenvalue weighted by Gasteiger charge is 2.13. The van der Waals surface area contributed by atoms with Gasteiger partial charge < -0.3 is 4.74 Å². The molecule has 24 heavy (non-hydrogen) atoms. The van der Waals surface area contributed by atoms with Gasteiger partial charge in [0.2, 0.25) is 0 Å². The fourth-order valence-electron chi connectivity index (χ4n) is 1.80. The van der Waals surface area contributed by atoms with Gasteiger partial charge in [-0.05, 0) is 34.1 Å². The van der Waals surface area contributed by atoms with Crippen LogP contribution in [-0.2, 0) is 11.3 Å². The number of nitrogens with one attached hydrogen (secondary N) is 2. The van der Waals surface area contributed by atoms with Gasteiger partial charge in [-0.15, -0.1) is 0 Å². The lowest BCUT2D eigenvalue weighted by atomic mass is 10.2. The molecule has 8 nitrogen and oxygen atoms in total. The van der Waals surface area contributed by atoms with Crippen LogP contribution in [0.2, 0.25) is 0 Å². The van der Waals surface area contributed by atoms with Gasteiger partial charge >= 0.3 is 0 Å². The van der Waals surface area contributed by atoms with Crippen molar-refractivity contribution in [1.29, 1.82) is 0 Å². The van der Waals surface area contributed by atoms with Gasteiger partial charge in [-0.1, -0.05) is 12.1 Å². The van der Waals surface area contributed by atoms with E-state index in [0.717, 1.165) is 4.68 Å². The average molecular weight is 395 g/mol. The molecule has 0 fully saturated rings. The number of methoxy groups -OCH3 is 1. The molecule has 0 saturated heterocycles. The molecule has 126 valence electrons. The van der Waals surface area contributed by atoms with Crippen molar-refractivity contribution in [2.45, 2.75) is 6.54 Å². The normalized spacial score (nSPS) is 10.2. The largest absolute Gasteiger partial charge is 0.383 e. The Hall–Kier alpha value is -2.52. The van der Waals surface area contributed by atoms with Crippen LogP contribution in [0.15, 0.2) is 45.7 Å². The van der Waals surface area contributed by atoms with E-state index in [0.29, 0.717) is 10.0 Å². The number of nitrogens with zero attached hydrogens (tertiary/aromatic N) is 2. The number of rotatable bonds is 5. The second kappa shape index (κ2) is 8.37. The van der Waals surface area contributed by atoms with Crippen LogP contribution in [0.25, 0.3) is 0 Å². The quantitative estimate of drug-likeness (QED) is 0.727. The summed E-state index contributed by atoms with van der Waals surface area (Å²) < 4.78 is 6.60. The molecule has 0 bridgehead atoms. The number of aromatic nitrogens is 2. The molecule has 2 amide bonds. The molecule has 0 unspecified atom stereocenters. The minimum Gasteiger partial charge on any atom is -0.383 e. The number of benzene rings is 1. The summed E-state index contributed by atoms with van der Waals surface area (Å²) in [5.41, 5.74) is 4.58. The number of carbonyl (C=O) groups excluding carboxylic acids is 2. The summed E-state index contributed by atoms with van der Waals surface area (Å²) in [6.45, 7) is 0.510. The highest BCUT2D eigenvalue weighted by atomic mass is 79.9. The Labute approximate surface area is 145 Å². The van der Waals surface area contributed by atoms with Gasteiger partial charge in [0.25, 0.3) is 17.4 Å². The van der Waals surface area contributed by atoms with E-state index in [4.69, 9.17) is 4.74 Å². The van der Waals surface area contributed by atoms with E-state index < -0.39 is 11.8 Å². The van der Waals surface area contributed by atoms with Crippen molar-refractivity contribution in [1.82, 2.24) is 20.6 Å². The van der Waals surface area contributed by atoms with Crippen LogP contribution in [0.1, 0.15) is 20.8 Å². The number of amides is 2. The van der Waals surface area contributed by atoms with Gasteiger partial charge in [-0.25, -0.2) is 4.68 Å². The molecular formula is C15H15BrN4O4. The SMILES string of the molecule is COCCn1nc(C(=O)NNC(=O)c2ccccc2Br)ccc1=O. The molecule has 1 heterocycles. The standard InChI is InChI=1S/C15H15BrN4O4/c1-24-9-8-20-13(21)7-6-12(19-20)15(23)18-17-14(22)10-4-2-3-5-11(10)16/h2-7H,8-9H2,1H3,(H,17,22)(H,18,23). The van der Waals surface area contributed by atoms with Gasteiger partial charge in [0, 0.05) is 17.6 Å². The molecule has 9 heteroatoms. The number of carbonyl (C=O) groups is 2. The number of halogens is 1. The third kappa shape index (κ3) is 4.49. The minimum absolute atomic E-state index is 0.00173. The zero-order valence-electron chi connectivity index (χ0n) is 12.8. The highest BCUT2D eigenvalue weighted by molar-refractivity contribution is 9.10. The zero-order chi connectivity index (χ0) is 17.5. The average Bonchev–Trinajstić information content (AvgIpc) is 2.59. The highest BCUT2D eigenvalue weighted by Crippen LogP contribution is 2.15. The Morgan fingerprint density at radius 1 is 1.17 bits per heavy atom. The Kier molecular flexibility index (Phi) is 6.21. The van der Waals surface area contributed by atoms with Crippen LogP contribution in [0.3, 0.4) is 0 Å². The maximum atomic E-state index is 12.1. The first kappa shape index (κ1) is 17.8. The predicted molar refractivity (Wildman–Crippen MR) is 89.4 cm³/mol. The molecule has 1 aromatic heterocycles. The van der Waals surface area contributed by atoms with Crippen molar-refractivity contribution >= 4 is 27.7 Å². The summed E-state index contributed by atoms with van der Waals surface area (Å²) >= 11 is 3.25. The lowest BCUT2D eigenvalue weighted by Crippen LogP contribution is -2.42. The lowest BCUT2D eigenvalue weighted by molar-refractivity contribution is 0.0841. The van der Waals surface area contributed by atoms with Crippen LogP contribution in [0.5, 0.6) is 0 Å². The van der Waals surface area contributed by atoms with Crippen LogP contribution >= 0.6 is 15.9 Å². The summed E-state index contributed by atoms with van der Waals surface area (Å²) in [7, 11) is 1.50. The summed E-state index contributed by atoms with van der Waals surface area (Å²) in [4.78, 5) is 35.7. The van der Waals surface area contributed by atoms with Crippen LogP contribution < -0.4 is 16.4 Å². The molecule has 1 aromatic carbocycles. The van der Waals surface area contributed by atoms with Crippen molar-refractivity contribution in [3.8, 4) is 0 Å². The zero-order valence-corrected chi connectivity index (χ0v) is 14.4. The molecular weight excluding hydrogens is 380 g/mol. The Morgan fingerprint density at radius 2 is 1.88 bits per heavy atom. The first-order chi connectivity index (χ1) is 11.5. The summed E-state index contributed by atoms with van der Waals surface area (Å²) in [5, 5.41) is 3.93. The van der Waals surface area contributed by atoms with Gasteiger partial charge in [-0.2, -0.15) is 5.10 Å². The Morgan fingerprint density at radius 3 is 2.58 bits per heavy atom. The van der Waals surface area contributed by atoms with Gasteiger partial charge in [0.15, 0.2) is 5.69 Å². The van der Waals surface area contributed by atoms with E-state index in [-0.39, 0.29) is 24.4 Å². The molecule has 0 saturated carbocycles. The predicted octanol–water partition coefficient (Wildman–Crippen LogP) is 0.727. The third-order valence-electron chi connectivity index (χ3n) is 3.01. The summed E-state index contributed by atoms with van der Waals surface area (Å²) in [6, 6.07) is 9.30. The van der Waals surface area contributed by atoms with Crippen molar-refractivity contribution < 1.29 is 14.3 Å². The van der Waals surface area contributed by atoms with Crippen molar-refractivity contribution in [2.24, 2.45) is 0 Å². The van der Waals surface area contributed by atoms with Crippen molar-refractivity contribution in [2.75, 3.05) is 13.7 Å². The number of hydrogen-bond donors (Lipinski definition) is 2. The number of hydrazine groups is 1. The molecule has 2 aromatic rings. The van der Waals surface area contributed by atoms with E-state index in [9.17, 15) is 14.4 Å². The lowest BCUT2D eigenvalue weighted by Gasteiger charge is -2.09. The van der Waals surface area contributed by atoms with Gasteiger partial charge in [-0.3, -0.25) is 25.2 Å². The topological polar surface area (TPSA) is 102 Å². The third-order valence-corrected chi connectivity index (χ3v) is 3.71. The fourth-order valence-corrected chi connectivity index (χ4v) is 2.26. The van der Waals surface area contributed by atoms with E-state index in [1.165, 1.54) is 19.2 Å². The van der Waals surface area contributed by atoms with Gasteiger partial charge in [0.1, 0.15) is 0 Å². The fraction of sp³-hybridized carbons (Fsp3) is 0.200. The number of hydrogen-bond acceptors (Lipinski definition) is 5. The van der Waals surface area contributed by atoms with Crippen LogP contribution in [-0.4, -0.2) is 35.3 Å². The Bertz CT molecular complexity index is 806. The molecule has 2 N–H and O–H groups in total. The van der Waals surface area contributed by atoms with Gasteiger partial charge in [0.05, 0.1) is 18.7 Å². The van der Waals surface area contributed by atoms with Crippen molar-refractivity contribution in [3.05, 3.63) is 62.5 Å². The van der Waals surface area contributed by atoms with E-state index in [1.807, 2.05) is 0 Å². The maximum Gasteiger partial charge on any atom is 0.290 e. The van der Waals surface area contributed by atoms with Crippen LogP contribution in [0.4, 0.5) is 0 Å². The molecule has 0 aliphatic heterocycles. The minimum atomic E-state index is -0.637. The molecule has 0 aliphatic carbocycles. The molecule has 2 rings (SSSR count). The number of ether oxygens (including phenoxy) is 1. The monoisotopic (exact) mass is 394 g/mol. The maximum absolute atomic E-state index is 12.1. The van der Waals surface area contributed by atoms with Crippen LogP contribution in [0, 0.1) is 0 Å². The van der Waals surface area contributed by atoms with Crippen molar-refractivity contribution in [3.63, 3.8) is 0 Å². The first-order valence-corrected chi connectivity index (χ1v) is 7.74. The smallest absolute Gasteiger partial charge is 0.290 e. The summed E-state index contributed by atoms with van der Waals surface area (Å²) in [5.74, 6) is -1.12. The molecule has 0 atom stereocenters. The molecule has 0 spiro atoms. The van der Waals surface area contributed by atoms with E-state index in [2.05, 4.69) is 31.9 Å². The summed E-state index contributed by atoms with van der Waals surface area (Å²) in [6.07, 6.45) is 0. The Balaban J connectivity index is 2.03. The van der Waals surface area contributed by atoms with E-state index in [1.54, 1.807) is 24.3 Å². The van der Waals surface area contributed by atoms with E-state index >= 15 is 0 Å². The first-order valence-electron chi connectivity index (χ1n) is 6.95. The molecule has 0 aliphatic rings.